The van der Waals surface area contributed by atoms with Crippen molar-refractivity contribution in [3.63, 3.8) is 0 Å². The van der Waals surface area contributed by atoms with Crippen LogP contribution in [0.5, 0.6) is 5.75 Å². The lowest BCUT2D eigenvalue weighted by molar-refractivity contribution is 0.254. The smallest absolute Gasteiger partial charge is 0.141 e. The number of hydrogen-bond donors (Lipinski definition) is 0. The molecule has 2 rings (SSSR count). The lowest BCUT2D eigenvalue weighted by Crippen LogP contribution is -2.24. The predicted molar refractivity (Wildman–Crippen MR) is 83.5 cm³/mol. The number of nitrogens with zero attached hydrogens (tertiary/aromatic N) is 4. The summed E-state index contributed by atoms with van der Waals surface area (Å²) in [6.07, 6.45) is 1.60. The average molecular weight is 309 g/mol. The summed E-state index contributed by atoms with van der Waals surface area (Å²) in [5, 5.41) is 4.93. The number of rotatable bonds is 7. The zero-order chi connectivity index (χ0) is 15.2. The van der Waals surface area contributed by atoms with Crippen LogP contribution in [0.3, 0.4) is 0 Å². The van der Waals surface area contributed by atoms with Crippen molar-refractivity contribution in [3.8, 4) is 5.75 Å². The molecule has 0 atom stereocenters. The van der Waals surface area contributed by atoms with Gasteiger partial charge in [-0.25, -0.2) is 9.67 Å². The molecule has 6 heteroatoms. The highest BCUT2D eigenvalue weighted by Crippen LogP contribution is 2.24. The number of methoxy groups -OCH3 is 1. The Kier molecular flexibility index (Phi) is 5.59. The lowest BCUT2D eigenvalue weighted by atomic mass is 10.2. The highest BCUT2D eigenvalue weighted by molar-refractivity contribution is 6.30. The zero-order valence-electron chi connectivity index (χ0n) is 12.7. The molecule has 0 aliphatic rings. The van der Waals surface area contributed by atoms with Crippen molar-refractivity contribution in [1.82, 2.24) is 19.7 Å². The molecule has 0 amide bonds. The summed E-state index contributed by atoms with van der Waals surface area (Å²) in [5.41, 5.74) is 1.08. The van der Waals surface area contributed by atoms with Crippen molar-refractivity contribution in [3.05, 3.63) is 40.9 Å². The zero-order valence-corrected chi connectivity index (χ0v) is 13.5. The van der Waals surface area contributed by atoms with E-state index in [4.69, 9.17) is 16.3 Å². The van der Waals surface area contributed by atoms with Crippen molar-refractivity contribution < 1.29 is 4.74 Å². The van der Waals surface area contributed by atoms with Crippen LogP contribution >= 0.6 is 11.6 Å². The lowest BCUT2D eigenvalue weighted by Gasteiger charge is -2.21. The van der Waals surface area contributed by atoms with E-state index in [9.17, 15) is 0 Å². The van der Waals surface area contributed by atoms with E-state index < -0.39 is 0 Å². The monoisotopic (exact) mass is 308 g/mol. The first-order valence-corrected chi connectivity index (χ1v) is 7.47. The standard InChI is InChI=1S/C15H21ClN4O/c1-4-19(10-15-17-11-18-20(15)5-2)9-12-8-13(16)6-7-14(12)21-3/h6-8,11H,4-5,9-10H2,1-3H3. The van der Waals surface area contributed by atoms with Gasteiger partial charge in [0.05, 0.1) is 13.7 Å². The van der Waals surface area contributed by atoms with E-state index in [0.717, 1.165) is 48.3 Å². The molecule has 1 heterocycles. The third-order valence-corrected chi connectivity index (χ3v) is 3.68. The molecule has 1 aromatic carbocycles. The first-order valence-electron chi connectivity index (χ1n) is 7.09. The minimum atomic E-state index is 0.721. The molecular weight excluding hydrogens is 288 g/mol. The second-order valence-corrected chi connectivity index (χ2v) is 5.19. The molecule has 114 valence electrons. The minimum Gasteiger partial charge on any atom is -0.496 e. The van der Waals surface area contributed by atoms with Crippen LogP contribution in [-0.2, 0) is 19.6 Å². The van der Waals surface area contributed by atoms with E-state index in [-0.39, 0.29) is 0 Å². The van der Waals surface area contributed by atoms with Gasteiger partial charge >= 0.3 is 0 Å². The van der Waals surface area contributed by atoms with E-state index in [1.165, 1.54) is 0 Å². The van der Waals surface area contributed by atoms with Crippen LogP contribution < -0.4 is 4.74 Å². The number of halogens is 1. The normalized spacial score (nSPS) is 11.1. The van der Waals surface area contributed by atoms with Crippen LogP contribution in [0.25, 0.3) is 0 Å². The summed E-state index contributed by atoms with van der Waals surface area (Å²) in [6.45, 7) is 7.44. The van der Waals surface area contributed by atoms with Crippen LogP contribution in [0.15, 0.2) is 24.5 Å². The Labute approximate surface area is 130 Å². The van der Waals surface area contributed by atoms with Gasteiger partial charge in [-0.2, -0.15) is 5.10 Å². The van der Waals surface area contributed by atoms with Crippen LogP contribution in [-0.4, -0.2) is 33.3 Å². The second-order valence-electron chi connectivity index (χ2n) is 4.75. The first kappa shape index (κ1) is 15.8. The summed E-state index contributed by atoms with van der Waals surface area (Å²) >= 11 is 6.09. The Hall–Kier alpha value is -1.59. The predicted octanol–water partition coefficient (Wildman–Crippen LogP) is 2.98. The number of benzene rings is 1. The molecule has 21 heavy (non-hydrogen) atoms. The van der Waals surface area contributed by atoms with Crippen molar-refractivity contribution in [1.29, 1.82) is 0 Å². The molecule has 2 aromatic rings. The Morgan fingerprint density at radius 1 is 1.29 bits per heavy atom. The SMILES string of the molecule is CCN(Cc1cc(Cl)ccc1OC)Cc1ncnn1CC. The van der Waals surface area contributed by atoms with Gasteiger partial charge in [-0.15, -0.1) is 0 Å². The van der Waals surface area contributed by atoms with E-state index in [1.54, 1.807) is 13.4 Å². The van der Waals surface area contributed by atoms with Crippen LogP contribution in [0.1, 0.15) is 25.2 Å². The molecule has 0 saturated heterocycles. The molecule has 0 bridgehead atoms. The van der Waals surface area contributed by atoms with Crippen molar-refractivity contribution in [2.45, 2.75) is 33.5 Å². The minimum absolute atomic E-state index is 0.721. The molecule has 0 radical (unpaired) electrons. The Bertz CT molecular complexity index is 585. The number of aromatic nitrogens is 3. The third-order valence-electron chi connectivity index (χ3n) is 3.44. The van der Waals surface area contributed by atoms with Crippen LogP contribution in [0, 0.1) is 0 Å². The molecule has 0 N–H and O–H groups in total. The summed E-state index contributed by atoms with van der Waals surface area (Å²) < 4.78 is 7.32. The number of ether oxygens (including phenoxy) is 1. The summed E-state index contributed by atoms with van der Waals surface area (Å²) in [4.78, 5) is 6.61. The van der Waals surface area contributed by atoms with Crippen molar-refractivity contribution >= 4 is 11.6 Å². The first-order chi connectivity index (χ1) is 10.2. The number of hydrogen-bond acceptors (Lipinski definition) is 4. The van der Waals surface area contributed by atoms with E-state index in [2.05, 4.69) is 28.8 Å². The van der Waals surface area contributed by atoms with E-state index >= 15 is 0 Å². The van der Waals surface area contributed by atoms with Crippen LogP contribution in [0.4, 0.5) is 0 Å². The molecule has 1 aromatic heterocycles. The van der Waals surface area contributed by atoms with Gasteiger partial charge in [0.15, 0.2) is 0 Å². The molecular formula is C15H21ClN4O. The fourth-order valence-electron chi connectivity index (χ4n) is 2.27. The molecule has 0 fully saturated rings. The molecule has 0 saturated carbocycles. The fraction of sp³-hybridized carbons (Fsp3) is 0.467. The third kappa shape index (κ3) is 3.95. The maximum absolute atomic E-state index is 6.09. The van der Waals surface area contributed by atoms with Gasteiger partial charge < -0.3 is 4.74 Å². The van der Waals surface area contributed by atoms with Crippen LogP contribution in [0.2, 0.25) is 5.02 Å². The Morgan fingerprint density at radius 3 is 2.76 bits per heavy atom. The summed E-state index contributed by atoms with van der Waals surface area (Å²) in [6, 6.07) is 5.70. The van der Waals surface area contributed by atoms with E-state index in [1.807, 2.05) is 22.9 Å². The highest BCUT2D eigenvalue weighted by Gasteiger charge is 2.12. The van der Waals surface area contributed by atoms with Crippen molar-refractivity contribution in [2.75, 3.05) is 13.7 Å². The summed E-state index contributed by atoms with van der Waals surface area (Å²) in [5.74, 6) is 1.83. The molecule has 0 spiro atoms. The summed E-state index contributed by atoms with van der Waals surface area (Å²) in [7, 11) is 1.68. The maximum Gasteiger partial charge on any atom is 0.141 e. The van der Waals surface area contributed by atoms with E-state index in [0.29, 0.717) is 0 Å². The molecule has 5 nitrogen and oxygen atoms in total. The van der Waals surface area contributed by atoms with Crippen molar-refractivity contribution in [2.24, 2.45) is 0 Å². The van der Waals surface area contributed by atoms with Gasteiger partial charge in [0.25, 0.3) is 0 Å². The molecule has 0 aliphatic heterocycles. The second kappa shape index (κ2) is 7.43. The maximum atomic E-state index is 6.09. The van der Waals surface area contributed by atoms with Gasteiger partial charge in [0, 0.05) is 23.7 Å². The highest BCUT2D eigenvalue weighted by atomic mass is 35.5. The average Bonchev–Trinajstić information content (AvgIpc) is 2.94. The number of aryl methyl sites for hydroxylation is 1. The van der Waals surface area contributed by atoms with Gasteiger partial charge in [-0.3, -0.25) is 4.90 Å². The van der Waals surface area contributed by atoms with Gasteiger partial charge in [-0.05, 0) is 31.7 Å². The van der Waals surface area contributed by atoms with Gasteiger partial charge in [-0.1, -0.05) is 18.5 Å². The molecule has 0 unspecified atom stereocenters. The van der Waals surface area contributed by atoms with Gasteiger partial charge in [0.2, 0.25) is 0 Å². The topological polar surface area (TPSA) is 43.2 Å². The van der Waals surface area contributed by atoms with Gasteiger partial charge in [0.1, 0.15) is 17.9 Å². The largest absolute Gasteiger partial charge is 0.496 e. The Balaban J connectivity index is 2.14. The quantitative estimate of drug-likeness (QED) is 0.788. The Morgan fingerprint density at radius 2 is 2.10 bits per heavy atom. The fourth-order valence-corrected chi connectivity index (χ4v) is 2.46. The molecule has 0 aliphatic carbocycles.